The summed E-state index contributed by atoms with van der Waals surface area (Å²) in [5.41, 5.74) is 7.92. The predicted molar refractivity (Wildman–Crippen MR) is 94.5 cm³/mol. The van der Waals surface area contributed by atoms with Crippen LogP contribution in [0.15, 0.2) is 51.6 Å². The van der Waals surface area contributed by atoms with Crippen molar-refractivity contribution in [1.82, 2.24) is 25.1 Å². The number of hydrogen-bond donors (Lipinski definition) is 1. The topological polar surface area (TPSA) is 120 Å². The molecule has 0 amide bonds. The number of nitrogens with two attached hydrogens (primary N) is 1. The molecular formula is C17H15N7O2. The lowest BCUT2D eigenvalue weighted by Crippen LogP contribution is -2.15. The number of aryl methyl sites for hydroxylation is 1. The Bertz CT molecular complexity index is 1030. The van der Waals surface area contributed by atoms with E-state index in [1.165, 1.54) is 6.26 Å². The highest BCUT2D eigenvalue weighted by atomic mass is 16.5. The molecule has 0 spiro atoms. The standard InChI is InChI=1S/C17H15N7O2/c1-10-5-7-11(8-6-10)24(2)17-21-13(20-16(18)22-17)14-19-15(26-23-14)12-4-3-9-25-12/h3-9H,1-2H3,(H2,18,20,21,22). The molecule has 4 aromatic rings. The van der Waals surface area contributed by atoms with Crippen molar-refractivity contribution in [3.63, 3.8) is 0 Å². The molecule has 4 rings (SSSR count). The van der Waals surface area contributed by atoms with Crippen LogP contribution in [0.4, 0.5) is 17.6 Å². The molecule has 0 saturated carbocycles. The van der Waals surface area contributed by atoms with Crippen LogP contribution in [0.2, 0.25) is 0 Å². The quantitative estimate of drug-likeness (QED) is 0.592. The fraction of sp³-hybridized carbons (Fsp3) is 0.118. The molecule has 0 fully saturated rings. The second-order valence-corrected chi connectivity index (χ2v) is 5.61. The van der Waals surface area contributed by atoms with E-state index in [9.17, 15) is 0 Å². The first-order valence-corrected chi connectivity index (χ1v) is 7.80. The smallest absolute Gasteiger partial charge is 0.294 e. The number of nitrogen functional groups attached to an aromatic ring is 1. The van der Waals surface area contributed by atoms with Gasteiger partial charge in [-0.1, -0.05) is 22.9 Å². The highest BCUT2D eigenvalue weighted by molar-refractivity contribution is 5.60. The van der Waals surface area contributed by atoms with Crippen molar-refractivity contribution in [2.45, 2.75) is 6.92 Å². The van der Waals surface area contributed by atoms with E-state index < -0.39 is 0 Å². The first kappa shape index (κ1) is 15.8. The normalized spacial score (nSPS) is 10.8. The van der Waals surface area contributed by atoms with Gasteiger partial charge >= 0.3 is 0 Å². The third kappa shape index (κ3) is 2.97. The third-order valence-corrected chi connectivity index (χ3v) is 3.72. The minimum Gasteiger partial charge on any atom is -0.459 e. The van der Waals surface area contributed by atoms with E-state index in [0.29, 0.717) is 11.7 Å². The van der Waals surface area contributed by atoms with Gasteiger partial charge in [0, 0.05) is 12.7 Å². The Morgan fingerprint density at radius 3 is 2.50 bits per heavy atom. The average molecular weight is 349 g/mol. The van der Waals surface area contributed by atoms with Crippen LogP contribution in [0, 0.1) is 6.92 Å². The molecule has 9 nitrogen and oxygen atoms in total. The zero-order valence-corrected chi connectivity index (χ0v) is 14.1. The van der Waals surface area contributed by atoms with Crippen LogP contribution in [0.25, 0.3) is 23.3 Å². The molecule has 3 heterocycles. The van der Waals surface area contributed by atoms with Gasteiger partial charge in [0.25, 0.3) is 5.89 Å². The van der Waals surface area contributed by atoms with Crippen LogP contribution < -0.4 is 10.6 Å². The van der Waals surface area contributed by atoms with Gasteiger partial charge in [0.1, 0.15) is 0 Å². The maximum Gasteiger partial charge on any atom is 0.294 e. The number of anilines is 3. The van der Waals surface area contributed by atoms with Gasteiger partial charge in [-0.05, 0) is 31.2 Å². The van der Waals surface area contributed by atoms with Crippen molar-refractivity contribution in [3.05, 3.63) is 48.2 Å². The molecule has 0 aliphatic rings. The Labute approximate surface area is 148 Å². The molecular weight excluding hydrogens is 334 g/mol. The third-order valence-electron chi connectivity index (χ3n) is 3.72. The van der Waals surface area contributed by atoms with E-state index in [0.717, 1.165) is 11.3 Å². The maximum atomic E-state index is 5.84. The molecule has 0 radical (unpaired) electrons. The average Bonchev–Trinajstić information content (AvgIpc) is 3.32. The van der Waals surface area contributed by atoms with Gasteiger partial charge in [-0.2, -0.15) is 19.9 Å². The number of rotatable bonds is 4. The lowest BCUT2D eigenvalue weighted by atomic mass is 10.2. The summed E-state index contributed by atoms with van der Waals surface area (Å²) in [4.78, 5) is 18.7. The van der Waals surface area contributed by atoms with Gasteiger partial charge in [0.15, 0.2) is 5.76 Å². The molecule has 2 N–H and O–H groups in total. The Balaban J connectivity index is 1.69. The van der Waals surface area contributed by atoms with Crippen molar-refractivity contribution in [3.8, 4) is 23.3 Å². The Kier molecular flexibility index (Phi) is 3.81. The summed E-state index contributed by atoms with van der Waals surface area (Å²) in [6.07, 6.45) is 1.52. The molecule has 3 aromatic heterocycles. The molecule has 26 heavy (non-hydrogen) atoms. The Morgan fingerprint density at radius 2 is 1.77 bits per heavy atom. The van der Waals surface area contributed by atoms with Gasteiger partial charge in [0.05, 0.1) is 6.26 Å². The van der Waals surface area contributed by atoms with Crippen LogP contribution in [0.1, 0.15) is 5.56 Å². The van der Waals surface area contributed by atoms with E-state index in [4.69, 9.17) is 14.7 Å². The Morgan fingerprint density at radius 1 is 0.962 bits per heavy atom. The van der Waals surface area contributed by atoms with Gasteiger partial charge in [0.2, 0.25) is 23.5 Å². The van der Waals surface area contributed by atoms with Gasteiger partial charge < -0.3 is 19.6 Å². The summed E-state index contributed by atoms with van der Waals surface area (Å²) in [6, 6.07) is 11.4. The monoisotopic (exact) mass is 349 g/mol. The fourth-order valence-electron chi connectivity index (χ4n) is 2.33. The van der Waals surface area contributed by atoms with Crippen LogP contribution in [0.3, 0.4) is 0 Å². The second-order valence-electron chi connectivity index (χ2n) is 5.61. The molecule has 1 aromatic carbocycles. The zero-order valence-electron chi connectivity index (χ0n) is 14.1. The molecule has 0 bridgehead atoms. The predicted octanol–water partition coefficient (Wildman–Crippen LogP) is 2.84. The van der Waals surface area contributed by atoms with E-state index >= 15 is 0 Å². The molecule has 0 atom stereocenters. The SMILES string of the molecule is Cc1ccc(N(C)c2nc(N)nc(-c3noc(-c4ccco4)n3)n2)cc1. The summed E-state index contributed by atoms with van der Waals surface area (Å²) in [6.45, 7) is 2.02. The summed E-state index contributed by atoms with van der Waals surface area (Å²) in [7, 11) is 1.84. The van der Waals surface area contributed by atoms with Crippen molar-refractivity contribution in [1.29, 1.82) is 0 Å². The van der Waals surface area contributed by atoms with Crippen molar-refractivity contribution in [2.75, 3.05) is 17.7 Å². The number of hydrogen-bond acceptors (Lipinski definition) is 9. The van der Waals surface area contributed by atoms with E-state index in [1.807, 2.05) is 38.2 Å². The molecule has 9 heteroatoms. The molecule has 0 aliphatic carbocycles. The van der Waals surface area contributed by atoms with Crippen molar-refractivity contribution < 1.29 is 8.94 Å². The maximum absolute atomic E-state index is 5.84. The van der Waals surface area contributed by atoms with Crippen molar-refractivity contribution >= 4 is 17.6 Å². The number of furan rings is 1. The van der Waals surface area contributed by atoms with Crippen LogP contribution in [-0.4, -0.2) is 32.1 Å². The molecule has 0 aliphatic heterocycles. The first-order valence-electron chi connectivity index (χ1n) is 7.80. The minimum atomic E-state index is 0.0633. The molecule has 0 unspecified atom stereocenters. The lowest BCUT2D eigenvalue weighted by molar-refractivity contribution is 0.416. The van der Waals surface area contributed by atoms with Crippen LogP contribution >= 0.6 is 0 Å². The Hall–Kier alpha value is -3.75. The van der Waals surface area contributed by atoms with Gasteiger partial charge in [-0.3, -0.25) is 0 Å². The largest absolute Gasteiger partial charge is 0.459 e. The van der Waals surface area contributed by atoms with Crippen LogP contribution in [-0.2, 0) is 0 Å². The summed E-state index contributed by atoms with van der Waals surface area (Å²) >= 11 is 0. The van der Waals surface area contributed by atoms with Gasteiger partial charge in [-0.15, -0.1) is 0 Å². The molecule has 130 valence electrons. The second kappa shape index (κ2) is 6.28. The van der Waals surface area contributed by atoms with E-state index in [1.54, 1.807) is 17.0 Å². The fourth-order valence-corrected chi connectivity index (χ4v) is 2.33. The van der Waals surface area contributed by atoms with Crippen molar-refractivity contribution in [2.24, 2.45) is 0 Å². The van der Waals surface area contributed by atoms with Gasteiger partial charge in [-0.25, -0.2) is 0 Å². The summed E-state index contributed by atoms with van der Waals surface area (Å²) in [5, 5.41) is 3.90. The number of aromatic nitrogens is 5. The lowest BCUT2D eigenvalue weighted by Gasteiger charge is -2.17. The minimum absolute atomic E-state index is 0.0633. The summed E-state index contributed by atoms with van der Waals surface area (Å²) < 4.78 is 10.4. The van der Waals surface area contributed by atoms with E-state index in [-0.39, 0.29) is 23.5 Å². The number of nitrogens with zero attached hydrogens (tertiary/aromatic N) is 6. The van der Waals surface area contributed by atoms with Crippen LogP contribution in [0.5, 0.6) is 0 Å². The van der Waals surface area contributed by atoms with E-state index in [2.05, 4.69) is 25.1 Å². The first-order chi connectivity index (χ1) is 12.6. The highest BCUT2D eigenvalue weighted by Crippen LogP contribution is 2.24. The molecule has 0 saturated heterocycles. The zero-order chi connectivity index (χ0) is 18.1. The summed E-state index contributed by atoms with van der Waals surface area (Å²) in [5.74, 6) is 1.55. The number of benzene rings is 1. The highest BCUT2D eigenvalue weighted by Gasteiger charge is 2.18.